The highest BCUT2D eigenvalue weighted by Crippen LogP contribution is 2.10. The zero-order valence-electron chi connectivity index (χ0n) is 13.6. The summed E-state index contributed by atoms with van der Waals surface area (Å²) in [6.07, 6.45) is 5.61. The number of likely N-dealkylation sites (tertiary alicyclic amines) is 1. The second kappa shape index (κ2) is 14.0. The van der Waals surface area contributed by atoms with Crippen LogP contribution in [0.4, 0.5) is 0 Å². The molecule has 1 aliphatic rings. The molecule has 17 heavy (non-hydrogen) atoms. The molecule has 1 heteroatoms. The van der Waals surface area contributed by atoms with E-state index in [1.807, 2.05) is 13.8 Å². The molecular formula is C16H37N. The molecule has 1 rings (SSSR count). The maximum atomic E-state index is 2.59. The van der Waals surface area contributed by atoms with Crippen LogP contribution < -0.4 is 0 Å². The van der Waals surface area contributed by atoms with Crippen LogP contribution in [0.5, 0.6) is 0 Å². The molecule has 1 nitrogen and oxygen atoms in total. The molecule has 0 bridgehead atoms. The zero-order chi connectivity index (χ0) is 13.7. The van der Waals surface area contributed by atoms with Crippen molar-refractivity contribution in [2.45, 2.75) is 74.1 Å². The van der Waals surface area contributed by atoms with E-state index in [0.717, 1.165) is 11.8 Å². The van der Waals surface area contributed by atoms with Gasteiger partial charge in [0.1, 0.15) is 0 Å². The quantitative estimate of drug-likeness (QED) is 0.658. The lowest BCUT2D eigenvalue weighted by Crippen LogP contribution is -2.32. The molecule has 0 spiro atoms. The molecule has 0 aromatic carbocycles. The van der Waals surface area contributed by atoms with Crippen LogP contribution in [0.25, 0.3) is 0 Å². The predicted molar refractivity (Wildman–Crippen MR) is 81.6 cm³/mol. The second-order valence-electron chi connectivity index (χ2n) is 5.56. The van der Waals surface area contributed by atoms with Gasteiger partial charge in [0.25, 0.3) is 0 Å². The molecule has 0 N–H and O–H groups in total. The molecule has 1 heterocycles. The standard InChI is InChI=1S/C9H19N.C5H12.C2H6/c1-9(2)8-10-6-4-3-5-7-10;1-4-5(2)3;1-2/h9H,3-8H2,1-2H3;5H,4H2,1-3H3;1-2H3. The lowest BCUT2D eigenvalue weighted by atomic mass is 10.1. The largest absolute Gasteiger partial charge is 0.303 e. The van der Waals surface area contributed by atoms with E-state index in [0.29, 0.717) is 0 Å². The Kier molecular flexibility index (Phi) is 15.9. The minimum absolute atomic E-state index is 0.845. The highest BCUT2D eigenvalue weighted by molar-refractivity contribution is 4.65. The lowest BCUT2D eigenvalue weighted by molar-refractivity contribution is 0.206. The molecule has 1 fully saturated rings. The number of nitrogens with zero attached hydrogens (tertiary/aromatic N) is 1. The topological polar surface area (TPSA) is 3.24 Å². The van der Waals surface area contributed by atoms with Crippen LogP contribution in [0.3, 0.4) is 0 Å². The van der Waals surface area contributed by atoms with Crippen molar-refractivity contribution >= 4 is 0 Å². The van der Waals surface area contributed by atoms with Gasteiger partial charge in [0, 0.05) is 6.54 Å². The normalized spacial score (nSPS) is 16.1. The summed E-state index contributed by atoms with van der Waals surface area (Å²) in [4.78, 5) is 2.59. The Bertz CT molecular complexity index is 123. The second-order valence-corrected chi connectivity index (χ2v) is 5.56. The predicted octanol–water partition coefficient (Wildman–Crippen LogP) is 5.21. The fraction of sp³-hybridized carbons (Fsp3) is 1.00. The van der Waals surface area contributed by atoms with Gasteiger partial charge in [-0.2, -0.15) is 0 Å². The van der Waals surface area contributed by atoms with E-state index in [2.05, 4.69) is 39.5 Å². The monoisotopic (exact) mass is 243 g/mol. The van der Waals surface area contributed by atoms with Crippen LogP contribution >= 0.6 is 0 Å². The van der Waals surface area contributed by atoms with Crippen molar-refractivity contribution in [2.75, 3.05) is 19.6 Å². The van der Waals surface area contributed by atoms with E-state index in [1.165, 1.54) is 45.3 Å². The van der Waals surface area contributed by atoms with Crippen LogP contribution in [0.2, 0.25) is 0 Å². The average molecular weight is 243 g/mol. The summed E-state index contributed by atoms with van der Waals surface area (Å²) >= 11 is 0. The molecule has 0 unspecified atom stereocenters. The van der Waals surface area contributed by atoms with Gasteiger partial charge in [0.05, 0.1) is 0 Å². The molecule has 106 valence electrons. The molecule has 0 amide bonds. The van der Waals surface area contributed by atoms with Crippen LogP contribution in [0.15, 0.2) is 0 Å². The number of piperidine rings is 1. The summed E-state index contributed by atoms with van der Waals surface area (Å²) in [6.45, 7) is 19.2. The van der Waals surface area contributed by atoms with E-state index in [4.69, 9.17) is 0 Å². The number of rotatable bonds is 3. The van der Waals surface area contributed by atoms with Gasteiger partial charge in [-0.15, -0.1) is 0 Å². The van der Waals surface area contributed by atoms with Gasteiger partial charge in [-0.05, 0) is 37.8 Å². The van der Waals surface area contributed by atoms with Gasteiger partial charge < -0.3 is 4.90 Å². The SMILES string of the molecule is CC.CC(C)CN1CCCCC1.CCC(C)C. The lowest BCUT2D eigenvalue weighted by Gasteiger charge is -2.27. The third-order valence-electron chi connectivity index (χ3n) is 2.89. The fourth-order valence-corrected chi connectivity index (χ4v) is 1.66. The zero-order valence-corrected chi connectivity index (χ0v) is 13.6. The first-order chi connectivity index (χ1) is 8.06. The summed E-state index contributed by atoms with van der Waals surface area (Å²) in [6, 6.07) is 0. The molecule has 0 aromatic rings. The molecule has 0 atom stereocenters. The van der Waals surface area contributed by atoms with Gasteiger partial charge in [0.2, 0.25) is 0 Å². The van der Waals surface area contributed by atoms with Gasteiger partial charge in [-0.1, -0.05) is 61.3 Å². The van der Waals surface area contributed by atoms with Crippen molar-refractivity contribution in [3.05, 3.63) is 0 Å². The van der Waals surface area contributed by atoms with Gasteiger partial charge in [-0.25, -0.2) is 0 Å². The third-order valence-corrected chi connectivity index (χ3v) is 2.89. The summed E-state index contributed by atoms with van der Waals surface area (Å²) in [7, 11) is 0. The van der Waals surface area contributed by atoms with Crippen LogP contribution in [0, 0.1) is 11.8 Å². The Morgan fingerprint density at radius 1 is 0.824 bits per heavy atom. The van der Waals surface area contributed by atoms with Crippen LogP contribution in [-0.2, 0) is 0 Å². The number of hydrogen-bond acceptors (Lipinski definition) is 1. The summed E-state index contributed by atoms with van der Waals surface area (Å²) < 4.78 is 0. The van der Waals surface area contributed by atoms with Gasteiger partial charge >= 0.3 is 0 Å². The summed E-state index contributed by atoms with van der Waals surface area (Å²) in [5.74, 6) is 1.73. The Morgan fingerprint density at radius 3 is 1.53 bits per heavy atom. The van der Waals surface area contributed by atoms with Crippen molar-refractivity contribution < 1.29 is 0 Å². The minimum atomic E-state index is 0.845. The molecule has 0 saturated carbocycles. The molecular weight excluding hydrogens is 206 g/mol. The first kappa shape index (κ1) is 19.3. The van der Waals surface area contributed by atoms with Crippen molar-refractivity contribution in [1.82, 2.24) is 4.90 Å². The smallest absolute Gasteiger partial charge is 0.000438 e. The minimum Gasteiger partial charge on any atom is -0.303 e. The molecule has 0 aromatic heterocycles. The van der Waals surface area contributed by atoms with E-state index in [-0.39, 0.29) is 0 Å². The average Bonchev–Trinajstić information content (AvgIpc) is 2.33. The third kappa shape index (κ3) is 16.0. The first-order valence-corrected chi connectivity index (χ1v) is 7.78. The number of hydrogen-bond donors (Lipinski definition) is 0. The van der Waals surface area contributed by atoms with Crippen molar-refractivity contribution in [2.24, 2.45) is 11.8 Å². The van der Waals surface area contributed by atoms with Crippen molar-refractivity contribution in [3.8, 4) is 0 Å². The molecule has 0 radical (unpaired) electrons. The summed E-state index contributed by atoms with van der Waals surface area (Å²) in [5.41, 5.74) is 0. The highest BCUT2D eigenvalue weighted by Gasteiger charge is 2.10. The van der Waals surface area contributed by atoms with Crippen LogP contribution in [-0.4, -0.2) is 24.5 Å². The van der Waals surface area contributed by atoms with E-state index in [9.17, 15) is 0 Å². The molecule has 0 aliphatic carbocycles. The van der Waals surface area contributed by atoms with E-state index >= 15 is 0 Å². The first-order valence-electron chi connectivity index (χ1n) is 7.78. The Labute approximate surface area is 111 Å². The fourth-order valence-electron chi connectivity index (χ4n) is 1.66. The van der Waals surface area contributed by atoms with Gasteiger partial charge in [-0.3, -0.25) is 0 Å². The molecule has 1 saturated heterocycles. The Morgan fingerprint density at radius 2 is 1.24 bits per heavy atom. The van der Waals surface area contributed by atoms with Crippen molar-refractivity contribution in [1.29, 1.82) is 0 Å². The van der Waals surface area contributed by atoms with Crippen LogP contribution in [0.1, 0.15) is 74.1 Å². The Balaban J connectivity index is 0. The van der Waals surface area contributed by atoms with Gasteiger partial charge in [0.15, 0.2) is 0 Å². The van der Waals surface area contributed by atoms with E-state index in [1.54, 1.807) is 0 Å². The van der Waals surface area contributed by atoms with E-state index < -0.39 is 0 Å². The molecule has 1 aliphatic heterocycles. The van der Waals surface area contributed by atoms with Crippen molar-refractivity contribution in [3.63, 3.8) is 0 Å². The summed E-state index contributed by atoms with van der Waals surface area (Å²) in [5, 5.41) is 0. The Hall–Kier alpha value is -0.0400. The maximum absolute atomic E-state index is 2.59. The highest BCUT2D eigenvalue weighted by atomic mass is 15.1. The maximum Gasteiger partial charge on any atom is 0.000438 e.